The highest BCUT2D eigenvalue weighted by Crippen LogP contribution is 2.38. The molecule has 0 saturated carbocycles. The van der Waals surface area contributed by atoms with E-state index in [1.807, 2.05) is 38.0 Å². The Bertz CT molecular complexity index is 1070. The van der Waals surface area contributed by atoms with Crippen molar-refractivity contribution in [3.8, 4) is 10.6 Å². The van der Waals surface area contributed by atoms with Crippen LogP contribution in [0.4, 0.5) is 10.8 Å². The molecule has 1 amide bonds. The van der Waals surface area contributed by atoms with Gasteiger partial charge in [0.05, 0.1) is 17.6 Å². The van der Waals surface area contributed by atoms with Crippen LogP contribution in [0, 0.1) is 6.92 Å². The minimum Gasteiger partial charge on any atom is -0.444 e. The van der Waals surface area contributed by atoms with Gasteiger partial charge in [0.2, 0.25) is 0 Å². The van der Waals surface area contributed by atoms with E-state index in [-0.39, 0.29) is 18.2 Å². The van der Waals surface area contributed by atoms with Crippen molar-refractivity contribution >= 4 is 34.5 Å². The van der Waals surface area contributed by atoms with Crippen LogP contribution in [-0.2, 0) is 4.74 Å². The first kappa shape index (κ1) is 19.4. The molecule has 2 saturated heterocycles. The molecule has 2 aliphatic rings. The third kappa shape index (κ3) is 3.33. The van der Waals surface area contributed by atoms with Crippen molar-refractivity contribution in [3.05, 3.63) is 29.3 Å². The topological polar surface area (TPSA) is 71.7 Å². The maximum absolute atomic E-state index is 12.7. The molecule has 30 heavy (non-hydrogen) atoms. The highest BCUT2D eigenvalue weighted by atomic mass is 32.1. The van der Waals surface area contributed by atoms with Gasteiger partial charge >= 0.3 is 6.09 Å². The van der Waals surface area contributed by atoms with Crippen molar-refractivity contribution in [2.45, 2.75) is 58.2 Å². The Morgan fingerprint density at radius 3 is 2.60 bits per heavy atom. The quantitative estimate of drug-likeness (QED) is 0.583. The van der Waals surface area contributed by atoms with E-state index in [2.05, 4.69) is 22.0 Å². The van der Waals surface area contributed by atoms with E-state index < -0.39 is 5.60 Å². The molecule has 0 N–H and O–H groups in total. The molecule has 2 fully saturated rings. The molecule has 2 aliphatic heterocycles. The van der Waals surface area contributed by atoms with E-state index >= 15 is 0 Å². The van der Waals surface area contributed by atoms with E-state index in [0.717, 1.165) is 40.1 Å². The second kappa shape index (κ2) is 6.97. The molecule has 2 bridgehead atoms. The lowest BCUT2D eigenvalue weighted by Gasteiger charge is -2.40. The number of piperazine rings is 1. The van der Waals surface area contributed by atoms with Crippen LogP contribution in [0.1, 0.15) is 39.2 Å². The van der Waals surface area contributed by atoms with E-state index in [0.29, 0.717) is 19.1 Å². The van der Waals surface area contributed by atoms with Crippen molar-refractivity contribution < 1.29 is 13.9 Å². The first-order chi connectivity index (χ1) is 14.3. The van der Waals surface area contributed by atoms with Crippen LogP contribution in [0.5, 0.6) is 0 Å². The molecule has 2 atom stereocenters. The Hall–Kier alpha value is -2.61. The molecule has 3 aromatic rings. The van der Waals surface area contributed by atoms with Gasteiger partial charge < -0.3 is 14.1 Å². The molecule has 2 unspecified atom stereocenters. The lowest BCUT2D eigenvalue weighted by molar-refractivity contribution is 0.0120. The number of amides is 1. The molecular weight excluding hydrogens is 400 g/mol. The summed E-state index contributed by atoms with van der Waals surface area (Å²) in [7, 11) is 0. The fraction of sp³-hybridized carbons (Fsp3) is 0.500. The Morgan fingerprint density at radius 1 is 1.23 bits per heavy atom. The van der Waals surface area contributed by atoms with E-state index in [9.17, 15) is 4.79 Å². The van der Waals surface area contributed by atoms with E-state index in [4.69, 9.17) is 14.1 Å². The van der Waals surface area contributed by atoms with Gasteiger partial charge in [-0.05, 0) is 52.2 Å². The predicted molar refractivity (Wildman–Crippen MR) is 117 cm³/mol. The number of hydrogen-bond acceptors (Lipinski definition) is 7. The number of fused-ring (bicyclic) bond motifs is 3. The first-order valence-electron chi connectivity index (χ1n) is 10.4. The summed E-state index contributed by atoms with van der Waals surface area (Å²) in [5.74, 6) is 0. The summed E-state index contributed by atoms with van der Waals surface area (Å²) >= 11 is 1.59. The van der Waals surface area contributed by atoms with Crippen molar-refractivity contribution in [1.29, 1.82) is 0 Å². The van der Waals surface area contributed by atoms with Crippen LogP contribution in [0.25, 0.3) is 21.7 Å². The largest absolute Gasteiger partial charge is 0.444 e. The normalized spacial score (nSPS) is 21.5. The highest BCUT2D eigenvalue weighted by Gasteiger charge is 2.45. The fourth-order valence-corrected chi connectivity index (χ4v) is 5.11. The molecule has 7 nitrogen and oxygen atoms in total. The maximum Gasteiger partial charge on any atom is 0.410 e. The van der Waals surface area contributed by atoms with E-state index in [1.165, 1.54) is 0 Å². The summed E-state index contributed by atoms with van der Waals surface area (Å²) in [6, 6.07) is 4.98. The molecule has 4 heterocycles. The number of benzene rings is 1. The molecule has 1 aromatic carbocycles. The minimum atomic E-state index is -0.488. The number of nitrogens with zero attached hydrogens (tertiary/aromatic N) is 4. The number of thiazole rings is 1. The zero-order valence-electron chi connectivity index (χ0n) is 17.7. The monoisotopic (exact) mass is 426 g/mol. The summed E-state index contributed by atoms with van der Waals surface area (Å²) in [5, 5.41) is 2.89. The number of rotatable bonds is 2. The summed E-state index contributed by atoms with van der Waals surface area (Å²) in [6.07, 6.45) is 3.54. The van der Waals surface area contributed by atoms with Crippen LogP contribution in [-0.4, -0.2) is 51.7 Å². The number of hydrogen-bond donors (Lipinski definition) is 0. The number of aryl methyl sites for hydroxylation is 1. The molecule has 0 aliphatic carbocycles. The van der Waals surface area contributed by atoms with Crippen LogP contribution >= 0.6 is 11.3 Å². The first-order valence-corrected chi connectivity index (χ1v) is 11.2. The van der Waals surface area contributed by atoms with E-state index in [1.54, 1.807) is 17.5 Å². The van der Waals surface area contributed by atoms with Crippen molar-refractivity contribution in [3.63, 3.8) is 0 Å². The lowest BCUT2D eigenvalue weighted by atomic mass is 10.1. The zero-order chi connectivity index (χ0) is 21.0. The summed E-state index contributed by atoms with van der Waals surface area (Å²) < 4.78 is 11.9. The molecule has 2 aromatic heterocycles. The third-order valence-electron chi connectivity index (χ3n) is 5.75. The average Bonchev–Trinajstić information content (AvgIpc) is 3.39. The van der Waals surface area contributed by atoms with Gasteiger partial charge in [0.25, 0.3) is 6.01 Å². The second-order valence-corrected chi connectivity index (χ2v) is 10.0. The van der Waals surface area contributed by atoms with Gasteiger partial charge in [-0.15, -0.1) is 11.3 Å². The third-order valence-corrected chi connectivity index (χ3v) is 6.56. The Kier molecular flexibility index (Phi) is 4.50. The van der Waals surface area contributed by atoms with Crippen LogP contribution in [0.15, 0.2) is 28.1 Å². The molecular formula is C22H26N4O3S. The average molecular weight is 427 g/mol. The second-order valence-electron chi connectivity index (χ2n) is 9.12. The summed E-state index contributed by atoms with van der Waals surface area (Å²) in [5.41, 5.74) is 3.22. The number of anilines is 1. The lowest BCUT2D eigenvalue weighted by Crippen LogP contribution is -2.56. The van der Waals surface area contributed by atoms with Gasteiger partial charge in [-0.3, -0.25) is 4.90 Å². The van der Waals surface area contributed by atoms with Crippen LogP contribution in [0.2, 0.25) is 0 Å². The SMILES string of the molecule is Cc1ccc(-c2nccs2)c2oc(N3CC4CCC(C3)N4C(=O)OC(C)(C)C)nc12. The number of carbonyl (C=O) groups is 1. The number of ether oxygens (including phenoxy) is 1. The van der Waals surface area contributed by atoms with Crippen LogP contribution < -0.4 is 4.90 Å². The predicted octanol–water partition coefficient (Wildman–Crippen LogP) is 4.85. The Labute approximate surface area is 179 Å². The molecule has 0 radical (unpaired) electrons. The van der Waals surface area contributed by atoms with Crippen molar-refractivity contribution in [2.75, 3.05) is 18.0 Å². The van der Waals surface area contributed by atoms with Gasteiger partial charge in [-0.1, -0.05) is 6.07 Å². The number of aromatic nitrogens is 2. The van der Waals surface area contributed by atoms with Gasteiger partial charge in [0.1, 0.15) is 16.1 Å². The highest BCUT2D eigenvalue weighted by molar-refractivity contribution is 7.13. The van der Waals surface area contributed by atoms with Crippen LogP contribution in [0.3, 0.4) is 0 Å². The smallest absolute Gasteiger partial charge is 0.410 e. The van der Waals surface area contributed by atoms with Gasteiger partial charge in [-0.25, -0.2) is 9.78 Å². The zero-order valence-corrected chi connectivity index (χ0v) is 18.5. The Morgan fingerprint density at radius 2 is 1.97 bits per heavy atom. The summed E-state index contributed by atoms with van der Waals surface area (Å²) in [4.78, 5) is 26.1. The fourth-order valence-electron chi connectivity index (χ4n) is 4.45. The summed E-state index contributed by atoms with van der Waals surface area (Å²) in [6.45, 7) is 9.17. The van der Waals surface area contributed by atoms with Gasteiger partial charge in [0, 0.05) is 24.7 Å². The minimum absolute atomic E-state index is 0.119. The molecule has 8 heteroatoms. The molecule has 5 rings (SSSR count). The van der Waals surface area contributed by atoms with Crippen molar-refractivity contribution in [1.82, 2.24) is 14.9 Å². The van der Waals surface area contributed by atoms with Gasteiger partial charge in [0.15, 0.2) is 5.58 Å². The van der Waals surface area contributed by atoms with Crippen molar-refractivity contribution in [2.24, 2.45) is 0 Å². The van der Waals surface area contributed by atoms with Gasteiger partial charge in [-0.2, -0.15) is 4.98 Å². The molecule has 158 valence electrons. The number of carbonyl (C=O) groups excluding carboxylic acids is 1. The number of oxazole rings is 1. The maximum atomic E-state index is 12.7. The Balaban J connectivity index is 1.43. The molecule has 0 spiro atoms. The standard InChI is InChI=1S/C22H26N4O3S/c1-13-5-8-16(19-23-9-10-30-19)18-17(13)24-20(28-18)25-11-14-6-7-15(12-25)26(14)21(27)29-22(2,3)4/h5,8-10,14-15H,6-7,11-12H2,1-4H3.